The molecule has 0 amide bonds. The minimum absolute atomic E-state index is 0.265. The Morgan fingerprint density at radius 2 is 1.22 bits per heavy atom. The maximum absolute atomic E-state index is 6.08. The summed E-state index contributed by atoms with van der Waals surface area (Å²) in [6.07, 6.45) is 0.949. The van der Waals surface area contributed by atoms with E-state index in [0.717, 1.165) is 35.1 Å². The van der Waals surface area contributed by atoms with Crippen LogP contribution in [0.1, 0.15) is 29.0 Å². The van der Waals surface area contributed by atoms with Crippen LogP contribution in [0.15, 0.2) is 66.7 Å². The number of benzene rings is 3. The van der Waals surface area contributed by atoms with Crippen LogP contribution >= 0.6 is 46.4 Å². The third-order valence-corrected chi connectivity index (χ3v) is 5.71. The largest absolute Gasteiger partial charge is 0.313 e. The van der Waals surface area contributed by atoms with Gasteiger partial charge in [0.1, 0.15) is 0 Å². The first kappa shape index (κ1) is 20.5. The molecule has 140 valence electrons. The minimum Gasteiger partial charge on any atom is -0.313 e. The lowest BCUT2D eigenvalue weighted by Gasteiger charge is -2.19. The molecule has 0 aromatic heterocycles. The Balaban J connectivity index is 1.67. The molecule has 3 aromatic carbocycles. The predicted octanol–water partition coefficient (Wildman–Crippen LogP) is 7.61. The molecule has 0 aliphatic heterocycles. The molecule has 0 saturated heterocycles. The fraction of sp³-hybridized carbons (Fsp3) is 0.182. The van der Waals surface area contributed by atoms with Crippen LogP contribution in [0, 0.1) is 0 Å². The zero-order valence-electron chi connectivity index (χ0n) is 14.6. The topological polar surface area (TPSA) is 12.0 Å². The highest BCUT2D eigenvalue weighted by molar-refractivity contribution is 6.42. The molecule has 27 heavy (non-hydrogen) atoms. The van der Waals surface area contributed by atoms with E-state index in [1.807, 2.05) is 42.5 Å². The molecule has 0 radical (unpaired) electrons. The van der Waals surface area contributed by atoms with Gasteiger partial charge in [-0.2, -0.15) is 0 Å². The summed E-state index contributed by atoms with van der Waals surface area (Å²) >= 11 is 24.2. The van der Waals surface area contributed by atoms with Crippen molar-refractivity contribution in [3.8, 4) is 0 Å². The van der Waals surface area contributed by atoms with Crippen LogP contribution in [0.5, 0.6) is 0 Å². The first-order valence-electron chi connectivity index (χ1n) is 8.68. The van der Waals surface area contributed by atoms with Crippen LogP contribution in [0.2, 0.25) is 20.1 Å². The van der Waals surface area contributed by atoms with Gasteiger partial charge in [-0.05, 0) is 66.1 Å². The van der Waals surface area contributed by atoms with Crippen molar-refractivity contribution in [3.63, 3.8) is 0 Å². The summed E-state index contributed by atoms with van der Waals surface area (Å²) in [6, 6.07) is 21.8. The van der Waals surface area contributed by atoms with E-state index in [2.05, 4.69) is 29.6 Å². The van der Waals surface area contributed by atoms with E-state index in [1.165, 1.54) is 11.1 Å². The summed E-state index contributed by atoms with van der Waals surface area (Å²) in [5.41, 5.74) is 3.58. The van der Waals surface area contributed by atoms with Gasteiger partial charge in [0.2, 0.25) is 0 Å². The van der Waals surface area contributed by atoms with Gasteiger partial charge in [0, 0.05) is 22.5 Å². The van der Waals surface area contributed by atoms with E-state index in [0.29, 0.717) is 10.0 Å². The van der Waals surface area contributed by atoms with Crippen molar-refractivity contribution in [2.45, 2.75) is 18.9 Å². The Hall–Kier alpha value is -1.22. The van der Waals surface area contributed by atoms with Crippen LogP contribution in [-0.4, -0.2) is 6.54 Å². The van der Waals surface area contributed by atoms with E-state index in [4.69, 9.17) is 46.4 Å². The summed E-state index contributed by atoms with van der Waals surface area (Å²) in [5.74, 6) is 0.265. The molecule has 3 rings (SSSR count). The molecule has 0 atom stereocenters. The van der Waals surface area contributed by atoms with Crippen LogP contribution < -0.4 is 5.32 Å². The molecule has 0 saturated carbocycles. The minimum atomic E-state index is 0.265. The molecular formula is C22H19Cl4N. The lowest BCUT2D eigenvalue weighted by atomic mass is 9.88. The SMILES string of the molecule is Clc1ccc(C(CCNCc2ccc(Cl)c(Cl)c2)c2ccc(Cl)cc2)cc1. The Bertz CT molecular complexity index is 830. The molecule has 0 heterocycles. The molecule has 0 aliphatic carbocycles. The molecule has 1 nitrogen and oxygen atoms in total. The van der Waals surface area contributed by atoms with Gasteiger partial charge in [-0.15, -0.1) is 0 Å². The van der Waals surface area contributed by atoms with E-state index < -0.39 is 0 Å². The first-order valence-corrected chi connectivity index (χ1v) is 10.2. The monoisotopic (exact) mass is 437 g/mol. The zero-order valence-corrected chi connectivity index (χ0v) is 17.6. The average molecular weight is 439 g/mol. The molecule has 5 heteroatoms. The zero-order chi connectivity index (χ0) is 19.2. The Morgan fingerprint density at radius 1 is 0.667 bits per heavy atom. The van der Waals surface area contributed by atoms with Crippen LogP contribution in [0.3, 0.4) is 0 Å². The maximum atomic E-state index is 6.08. The lowest BCUT2D eigenvalue weighted by molar-refractivity contribution is 0.611. The molecule has 0 aliphatic rings. The highest BCUT2D eigenvalue weighted by Crippen LogP contribution is 2.29. The van der Waals surface area contributed by atoms with Crippen molar-refractivity contribution in [3.05, 3.63) is 104 Å². The van der Waals surface area contributed by atoms with Crippen LogP contribution in [0.25, 0.3) is 0 Å². The highest BCUT2D eigenvalue weighted by Gasteiger charge is 2.14. The van der Waals surface area contributed by atoms with Gasteiger partial charge < -0.3 is 5.32 Å². The third-order valence-electron chi connectivity index (χ3n) is 4.47. The fourth-order valence-corrected chi connectivity index (χ4v) is 3.62. The average Bonchev–Trinajstić information content (AvgIpc) is 2.67. The van der Waals surface area contributed by atoms with Crippen molar-refractivity contribution in [1.29, 1.82) is 0 Å². The Morgan fingerprint density at radius 3 is 1.74 bits per heavy atom. The summed E-state index contributed by atoms with van der Waals surface area (Å²) in [6.45, 7) is 1.60. The van der Waals surface area contributed by atoms with E-state index in [-0.39, 0.29) is 5.92 Å². The van der Waals surface area contributed by atoms with Gasteiger partial charge in [-0.25, -0.2) is 0 Å². The second kappa shape index (κ2) is 9.82. The molecule has 1 N–H and O–H groups in total. The number of rotatable bonds is 7. The second-order valence-corrected chi connectivity index (χ2v) is 8.06. The standard InChI is InChI=1S/C22H19Cl4N/c23-18-6-2-16(3-7-18)20(17-4-8-19(24)9-5-17)11-12-27-14-15-1-10-21(25)22(26)13-15/h1-10,13,20,27H,11-12,14H2. The maximum Gasteiger partial charge on any atom is 0.0595 e. The quantitative estimate of drug-likeness (QED) is 0.374. The summed E-state index contributed by atoms with van der Waals surface area (Å²) in [5, 5.41) is 6.13. The van der Waals surface area contributed by atoms with Gasteiger partial charge in [-0.1, -0.05) is 76.7 Å². The molecule has 0 bridgehead atoms. The lowest BCUT2D eigenvalue weighted by Crippen LogP contribution is -2.17. The van der Waals surface area contributed by atoms with Crippen LogP contribution in [-0.2, 0) is 6.54 Å². The second-order valence-electron chi connectivity index (χ2n) is 6.37. The van der Waals surface area contributed by atoms with Crippen LogP contribution in [0.4, 0.5) is 0 Å². The summed E-state index contributed by atoms with van der Waals surface area (Å²) in [7, 11) is 0. The Kier molecular flexibility index (Phi) is 7.46. The first-order chi connectivity index (χ1) is 13.0. The number of hydrogen-bond donors (Lipinski definition) is 1. The predicted molar refractivity (Wildman–Crippen MR) is 118 cm³/mol. The molecular weight excluding hydrogens is 420 g/mol. The fourth-order valence-electron chi connectivity index (χ4n) is 3.04. The van der Waals surface area contributed by atoms with Crippen molar-refractivity contribution in [2.75, 3.05) is 6.54 Å². The number of nitrogens with one attached hydrogen (secondary N) is 1. The molecule has 0 spiro atoms. The number of halogens is 4. The van der Waals surface area contributed by atoms with Gasteiger partial charge in [0.25, 0.3) is 0 Å². The number of hydrogen-bond acceptors (Lipinski definition) is 1. The molecule has 0 fully saturated rings. The van der Waals surface area contributed by atoms with Crippen molar-refractivity contribution in [1.82, 2.24) is 5.32 Å². The van der Waals surface area contributed by atoms with Crippen molar-refractivity contribution in [2.24, 2.45) is 0 Å². The third kappa shape index (κ3) is 5.88. The van der Waals surface area contributed by atoms with Crippen molar-refractivity contribution < 1.29 is 0 Å². The van der Waals surface area contributed by atoms with E-state index >= 15 is 0 Å². The van der Waals surface area contributed by atoms with E-state index in [9.17, 15) is 0 Å². The molecule has 0 unspecified atom stereocenters. The summed E-state index contributed by atoms with van der Waals surface area (Å²) < 4.78 is 0. The van der Waals surface area contributed by atoms with Gasteiger partial charge in [0.05, 0.1) is 10.0 Å². The van der Waals surface area contributed by atoms with Crippen molar-refractivity contribution >= 4 is 46.4 Å². The Labute approximate surface area is 180 Å². The smallest absolute Gasteiger partial charge is 0.0595 e. The highest BCUT2D eigenvalue weighted by atomic mass is 35.5. The summed E-state index contributed by atoms with van der Waals surface area (Å²) in [4.78, 5) is 0. The van der Waals surface area contributed by atoms with Gasteiger partial charge in [0.15, 0.2) is 0 Å². The van der Waals surface area contributed by atoms with E-state index in [1.54, 1.807) is 0 Å². The molecule has 3 aromatic rings. The van der Waals surface area contributed by atoms with Gasteiger partial charge in [-0.3, -0.25) is 0 Å². The van der Waals surface area contributed by atoms with Gasteiger partial charge >= 0.3 is 0 Å². The normalized spacial score (nSPS) is 11.1.